The van der Waals surface area contributed by atoms with Crippen LogP contribution in [0.4, 0.5) is 0 Å². The Hall–Kier alpha value is -1.22. The van der Waals surface area contributed by atoms with Crippen LogP contribution in [-0.2, 0) is 10.0 Å². The summed E-state index contributed by atoms with van der Waals surface area (Å²) in [5.41, 5.74) is 0. The van der Waals surface area contributed by atoms with Gasteiger partial charge in [-0.15, -0.1) is 0 Å². The molecule has 7 nitrogen and oxygen atoms in total. The van der Waals surface area contributed by atoms with Crippen LogP contribution in [0.5, 0.6) is 5.88 Å². The van der Waals surface area contributed by atoms with E-state index in [4.69, 9.17) is 4.74 Å². The van der Waals surface area contributed by atoms with Crippen LogP contribution in [0.15, 0.2) is 23.2 Å². The fourth-order valence-corrected chi connectivity index (χ4v) is 5.11. The van der Waals surface area contributed by atoms with E-state index in [9.17, 15) is 8.42 Å². The minimum Gasteiger partial charge on any atom is -0.470 e. The zero-order chi connectivity index (χ0) is 16.0. The maximum Gasteiger partial charge on any atom is 0.246 e. The van der Waals surface area contributed by atoms with E-state index in [2.05, 4.69) is 26.6 Å². The van der Waals surface area contributed by atoms with Gasteiger partial charge < -0.3 is 9.64 Å². The monoisotopic (exact) mass is 338 g/mol. The van der Waals surface area contributed by atoms with Gasteiger partial charge in [-0.2, -0.15) is 0 Å². The summed E-state index contributed by atoms with van der Waals surface area (Å²) >= 11 is 0. The molecule has 4 rings (SSSR count). The van der Waals surface area contributed by atoms with Crippen molar-refractivity contribution in [2.75, 3.05) is 33.2 Å². The zero-order valence-corrected chi connectivity index (χ0v) is 14.0. The first-order chi connectivity index (χ1) is 11.0. The third-order valence-corrected chi connectivity index (χ3v) is 6.60. The Balaban J connectivity index is 1.55. The molecule has 1 aromatic rings. The molecule has 4 heterocycles. The summed E-state index contributed by atoms with van der Waals surface area (Å²) in [6.45, 7) is 3.63. The summed E-state index contributed by atoms with van der Waals surface area (Å²) in [6, 6.07) is 3.46. The van der Waals surface area contributed by atoms with E-state index in [1.54, 1.807) is 18.3 Å². The van der Waals surface area contributed by atoms with Gasteiger partial charge in [-0.25, -0.2) is 18.1 Å². The summed E-state index contributed by atoms with van der Waals surface area (Å²) in [4.78, 5) is 8.97. The van der Waals surface area contributed by atoms with E-state index < -0.39 is 10.0 Å². The number of fused-ring (bicyclic) bond motifs is 2. The Labute approximate surface area is 136 Å². The van der Waals surface area contributed by atoms with E-state index >= 15 is 0 Å². The van der Waals surface area contributed by atoms with E-state index in [1.165, 1.54) is 0 Å². The number of sulfonamides is 1. The van der Waals surface area contributed by atoms with E-state index in [-0.39, 0.29) is 22.9 Å². The Morgan fingerprint density at radius 1 is 1.30 bits per heavy atom. The summed E-state index contributed by atoms with van der Waals surface area (Å²) in [7, 11) is -1.43. The van der Waals surface area contributed by atoms with Gasteiger partial charge in [0.15, 0.2) is 0 Å². The highest BCUT2D eigenvalue weighted by Gasteiger charge is 2.43. The molecule has 3 aliphatic rings. The van der Waals surface area contributed by atoms with E-state index in [0.29, 0.717) is 12.6 Å². The van der Waals surface area contributed by atoms with E-state index in [1.807, 2.05) is 0 Å². The van der Waals surface area contributed by atoms with Gasteiger partial charge in [0.2, 0.25) is 15.9 Å². The largest absolute Gasteiger partial charge is 0.470 e. The number of hydrogen-bond donors (Lipinski definition) is 1. The third kappa shape index (κ3) is 2.84. The number of nitrogens with one attached hydrogen (secondary N) is 1. The van der Waals surface area contributed by atoms with Crippen LogP contribution in [0, 0.1) is 0 Å². The lowest BCUT2D eigenvalue weighted by Gasteiger charge is -2.35. The average molecular weight is 338 g/mol. The second-order valence-electron chi connectivity index (χ2n) is 6.68. The minimum atomic E-state index is -3.57. The molecular formula is C15H22N4O3S. The van der Waals surface area contributed by atoms with E-state index in [0.717, 1.165) is 32.5 Å². The minimum absolute atomic E-state index is 0.139. The van der Waals surface area contributed by atoms with Crippen LogP contribution in [0.3, 0.4) is 0 Å². The van der Waals surface area contributed by atoms with Crippen molar-refractivity contribution in [3.05, 3.63) is 18.3 Å². The van der Waals surface area contributed by atoms with Crippen molar-refractivity contribution in [2.45, 2.75) is 35.9 Å². The number of nitrogens with zero attached hydrogens (tertiary/aromatic N) is 3. The average Bonchev–Trinajstić information content (AvgIpc) is 2.86. The second kappa shape index (κ2) is 5.70. The molecule has 0 radical (unpaired) electrons. The fourth-order valence-electron chi connectivity index (χ4n) is 3.77. The number of pyridine rings is 1. The highest BCUT2D eigenvalue weighted by Crippen LogP contribution is 2.30. The van der Waals surface area contributed by atoms with Crippen LogP contribution in [0.2, 0.25) is 0 Å². The molecule has 126 valence electrons. The smallest absolute Gasteiger partial charge is 0.246 e. The Morgan fingerprint density at radius 2 is 2.09 bits per heavy atom. The first kappa shape index (κ1) is 15.3. The predicted octanol–water partition coefficient (Wildman–Crippen LogP) is -0.101. The number of likely N-dealkylation sites (tertiary alicyclic amines) is 2. The quantitative estimate of drug-likeness (QED) is 0.771. The topological polar surface area (TPSA) is 74.8 Å². The molecule has 2 atom stereocenters. The van der Waals surface area contributed by atoms with Crippen LogP contribution in [0.25, 0.3) is 0 Å². The highest BCUT2D eigenvalue weighted by atomic mass is 32.2. The third-order valence-electron chi connectivity index (χ3n) is 5.09. The molecule has 2 saturated heterocycles. The molecule has 0 aliphatic carbocycles. The van der Waals surface area contributed by atoms with Crippen LogP contribution in [-0.4, -0.2) is 74.6 Å². The molecule has 0 bridgehead atoms. The SMILES string of the molecule is CN1CCC(N2C[C@@H]3Oc4ncccc4S(=O)(=O)N[C@@H]3C2)CC1. The van der Waals surface area contributed by atoms with Crippen LogP contribution >= 0.6 is 0 Å². The molecule has 2 fully saturated rings. The second-order valence-corrected chi connectivity index (χ2v) is 8.36. The summed E-state index contributed by atoms with van der Waals surface area (Å²) in [5.74, 6) is 0.220. The lowest BCUT2D eigenvalue weighted by molar-refractivity contribution is 0.123. The van der Waals surface area contributed by atoms with Gasteiger partial charge in [0.1, 0.15) is 11.0 Å². The van der Waals surface area contributed by atoms with Crippen molar-refractivity contribution in [1.82, 2.24) is 19.5 Å². The maximum atomic E-state index is 12.5. The Kier molecular flexibility index (Phi) is 3.79. The molecule has 8 heteroatoms. The predicted molar refractivity (Wildman–Crippen MR) is 84.9 cm³/mol. The van der Waals surface area contributed by atoms with Gasteiger partial charge >= 0.3 is 0 Å². The first-order valence-electron chi connectivity index (χ1n) is 8.09. The molecule has 0 spiro atoms. The van der Waals surface area contributed by atoms with Crippen molar-refractivity contribution in [1.29, 1.82) is 0 Å². The molecule has 3 aliphatic heterocycles. The molecule has 23 heavy (non-hydrogen) atoms. The van der Waals surface area contributed by atoms with Gasteiger partial charge in [-0.05, 0) is 45.1 Å². The molecule has 0 unspecified atom stereocenters. The Bertz CT molecular complexity index is 688. The Morgan fingerprint density at radius 3 is 2.87 bits per heavy atom. The number of ether oxygens (including phenoxy) is 1. The van der Waals surface area contributed by atoms with Crippen molar-refractivity contribution < 1.29 is 13.2 Å². The van der Waals surface area contributed by atoms with Crippen molar-refractivity contribution >= 4 is 10.0 Å². The van der Waals surface area contributed by atoms with Gasteiger partial charge in [0.05, 0.1) is 6.04 Å². The van der Waals surface area contributed by atoms with Gasteiger partial charge in [0.25, 0.3) is 0 Å². The highest BCUT2D eigenvalue weighted by molar-refractivity contribution is 7.89. The normalized spacial score (nSPS) is 31.9. The van der Waals surface area contributed by atoms with Crippen molar-refractivity contribution in [3.8, 4) is 5.88 Å². The number of aromatic nitrogens is 1. The van der Waals surface area contributed by atoms with Gasteiger partial charge in [-0.1, -0.05) is 0 Å². The molecule has 0 saturated carbocycles. The van der Waals surface area contributed by atoms with Crippen LogP contribution < -0.4 is 9.46 Å². The molecule has 0 aromatic carbocycles. The summed E-state index contributed by atoms with van der Waals surface area (Å²) < 4.78 is 33.8. The zero-order valence-electron chi connectivity index (χ0n) is 13.2. The number of piperidine rings is 1. The summed E-state index contributed by atoms with van der Waals surface area (Å²) in [6.07, 6.45) is 3.63. The molecule has 1 aromatic heterocycles. The standard InChI is InChI=1S/C15H22N4O3S/c1-18-7-4-11(5-8-18)19-9-12-13(10-19)22-15-14(3-2-6-16-15)23(20,21)17-12/h2-3,6,11-13,17H,4-5,7-10H2,1H3/t12-,13+/m1/s1. The van der Waals surface area contributed by atoms with Crippen LogP contribution in [0.1, 0.15) is 12.8 Å². The first-order valence-corrected chi connectivity index (χ1v) is 9.58. The van der Waals surface area contributed by atoms with Gasteiger partial charge in [-0.3, -0.25) is 4.90 Å². The fraction of sp³-hybridized carbons (Fsp3) is 0.667. The maximum absolute atomic E-state index is 12.5. The lowest BCUT2D eigenvalue weighted by Crippen LogP contribution is -2.44. The van der Waals surface area contributed by atoms with Gasteiger partial charge in [0, 0.05) is 25.3 Å². The van der Waals surface area contributed by atoms with Crippen molar-refractivity contribution in [3.63, 3.8) is 0 Å². The molecular weight excluding hydrogens is 316 g/mol. The lowest BCUT2D eigenvalue weighted by atomic mass is 10.0. The number of rotatable bonds is 1. The summed E-state index contributed by atoms with van der Waals surface area (Å²) in [5, 5.41) is 0. The molecule has 1 N–H and O–H groups in total. The molecule has 0 amide bonds. The van der Waals surface area contributed by atoms with Crippen molar-refractivity contribution in [2.24, 2.45) is 0 Å². The number of hydrogen-bond acceptors (Lipinski definition) is 6.